The van der Waals surface area contributed by atoms with Crippen LogP contribution in [0.2, 0.25) is 0 Å². The molecule has 0 spiro atoms. The molecule has 0 bridgehead atoms. The number of nitrogens with one attached hydrogen (secondary N) is 1. The molecule has 1 aromatic carbocycles. The monoisotopic (exact) mass is 317 g/mol. The predicted molar refractivity (Wildman–Crippen MR) is 86.9 cm³/mol. The number of amides is 1. The number of aliphatic hydroxyl groups is 1. The van der Waals surface area contributed by atoms with Crippen molar-refractivity contribution in [1.29, 1.82) is 0 Å². The van der Waals surface area contributed by atoms with Gasteiger partial charge in [0.1, 0.15) is 0 Å². The van der Waals surface area contributed by atoms with Crippen LogP contribution in [0.5, 0.6) is 0 Å². The molecule has 1 unspecified atom stereocenters. The lowest BCUT2D eigenvalue weighted by Gasteiger charge is -2.26. The molecule has 0 aliphatic carbocycles. The number of nitrogens with zero attached hydrogens (tertiary/aromatic N) is 2. The third-order valence-corrected chi connectivity index (χ3v) is 3.47. The Morgan fingerprint density at radius 1 is 1.39 bits per heavy atom. The summed E-state index contributed by atoms with van der Waals surface area (Å²) in [5, 5.41) is 20.2. The van der Waals surface area contributed by atoms with Crippen LogP contribution in [0.4, 0.5) is 0 Å². The van der Waals surface area contributed by atoms with Gasteiger partial charge in [0.05, 0.1) is 6.10 Å². The fraction of sp³-hybridized carbons (Fsp3) is 0.471. The average molecular weight is 317 g/mol. The molecule has 6 heteroatoms. The summed E-state index contributed by atoms with van der Waals surface area (Å²) in [7, 11) is 0. The van der Waals surface area contributed by atoms with E-state index in [0.717, 1.165) is 0 Å². The number of aryl methyl sites for hydroxylation is 1. The number of aromatic nitrogens is 2. The van der Waals surface area contributed by atoms with Crippen molar-refractivity contribution in [3.8, 4) is 11.5 Å². The van der Waals surface area contributed by atoms with Crippen LogP contribution in [0.25, 0.3) is 11.5 Å². The lowest BCUT2D eigenvalue weighted by molar-refractivity contribution is 0.0902. The van der Waals surface area contributed by atoms with Gasteiger partial charge in [-0.25, -0.2) is 0 Å². The standard InChI is InChI=1S/C17H23N3O3/c1-11(21)9-17(3,4)10-18-15(22)13-6-5-7-14(8-13)16-20-19-12(2)23-16/h5-8,11,21H,9-10H2,1-4H3,(H,18,22). The number of hydrogen-bond donors (Lipinski definition) is 2. The van der Waals surface area contributed by atoms with E-state index in [9.17, 15) is 9.90 Å². The fourth-order valence-electron chi connectivity index (χ4n) is 2.50. The second-order valence-electron chi connectivity index (χ2n) is 6.61. The van der Waals surface area contributed by atoms with E-state index < -0.39 is 6.10 Å². The number of benzene rings is 1. The van der Waals surface area contributed by atoms with Crippen molar-refractivity contribution in [3.63, 3.8) is 0 Å². The highest BCUT2D eigenvalue weighted by Crippen LogP contribution is 2.22. The van der Waals surface area contributed by atoms with Crippen molar-refractivity contribution in [2.45, 2.75) is 40.2 Å². The van der Waals surface area contributed by atoms with E-state index in [0.29, 0.717) is 35.9 Å². The van der Waals surface area contributed by atoms with Crippen LogP contribution in [0, 0.1) is 12.3 Å². The minimum atomic E-state index is -0.397. The molecule has 1 atom stereocenters. The molecule has 2 N–H and O–H groups in total. The fourth-order valence-corrected chi connectivity index (χ4v) is 2.50. The Balaban J connectivity index is 2.05. The maximum Gasteiger partial charge on any atom is 0.251 e. The zero-order chi connectivity index (χ0) is 17.0. The van der Waals surface area contributed by atoms with Gasteiger partial charge < -0.3 is 14.8 Å². The van der Waals surface area contributed by atoms with Crippen LogP contribution in [0.1, 0.15) is 43.4 Å². The van der Waals surface area contributed by atoms with Crippen LogP contribution >= 0.6 is 0 Å². The first-order valence-electron chi connectivity index (χ1n) is 7.64. The zero-order valence-electron chi connectivity index (χ0n) is 14.0. The second-order valence-corrected chi connectivity index (χ2v) is 6.61. The van der Waals surface area contributed by atoms with Crippen LogP contribution in [0.15, 0.2) is 28.7 Å². The van der Waals surface area contributed by atoms with E-state index in [2.05, 4.69) is 15.5 Å². The average Bonchev–Trinajstić information content (AvgIpc) is 2.90. The van der Waals surface area contributed by atoms with Gasteiger partial charge in [-0.1, -0.05) is 19.9 Å². The molecule has 0 aliphatic rings. The van der Waals surface area contributed by atoms with E-state index in [1.54, 1.807) is 32.0 Å². The predicted octanol–water partition coefficient (Wildman–Crippen LogP) is 2.57. The first-order chi connectivity index (χ1) is 10.8. The Kier molecular flexibility index (Phi) is 5.15. The van der Waals surface area contributed by atoms with Crippen molar-refractivity contribution < 1.29 is 14.3 Å². The highest BCUT2D eigenvalue weighted by molar-refractivity contribution is 5.95. The first kappa shape index (κ1) is 17.1. The van der Waals surface area contributed by atoms with Gasteiger partial charge in [0.2, 0.25) is 11.8 Å². The van der Waals surface area contributed by atoms with Gasteiger partial charge in [0.15, 0.2) is 0 Å². The lowest BCUT2D eigenvalue weighted by atomic mass is 9.87. The van der Waals surface area contributed by atoms with E-state index >= 15 is 0 Å². The summed E-state index contributed by atoms with van der Waals surface area (Å²) in [4.78, 5) is 12.3. The summed E-state index contributed by atoms with van der Waals surface area (Å²) in [6, 6.07) is 7.07. The van der Waals surface area contributed by atoms with E-state index in [1.807, 2.05) is 19.9 Å². The van der Waals surface area contributed by atoms with Gasteiger partial charge in [-0.2, -0.15) is 0 Å². The first-order valence-corrected chi connectivity index (χ1v) is 7.64. The Labute approximate surface area is 135 Å². The van der Waals surface area contributed by atoms with Gasteiger partial charge >= 0.3 is 0 Å². The second kappa shape index (κ2) is 6.91. The van der Waals surface area contributed by atoms with Crippen LogP contribution < -0.4 is 5.32 Å². The Morgan fingerprint density at radius 2 is 2.13 bits per heavy atom. The highest BCUT2D eigenvalue weighted by atomic mass is 16.4. The minimum absolute atomic E-state index is 0.165. The SMILES string of the molecule is Cc1nnc(-c2cccc(C(=O)NCC(C)(C)CC(C)O)c2)o1. The number of carbonyl (C=O) groups excluding carboxylic acids is 1. The summed E-state index contributed by atoms with van der Waals surface area (Å²) < 4.78 is 5.38. The molecule has 0 saturated heterocycles. The Bertz CT molecular complexity index is 677. The third-order valence-electron chi connectivity index (χ3n) is 3.47. The molecule has 2 rings (SSSR count). The smallest absolute Gasteiger partial charge is 0.251 e. The summed E-state index contributed by atoms with van der Waals surface area (Å²) in [6.45, 7) is 7.98. The maximum absolute atomic E-state index is 12.3. The van der Waals surface area contributed by atoms with Gasteiger partial charge in [-0.15, -0.1) is 10.2 Å². The molecule has 1 amide bonds. The number of hydrogen-bond acceptors (Lipinski definition) is 5. The summed E-state index contributed by atoms with van der Waals surface area (Å²) in [6.07, 6.45) is 0.222. The Morgan fingerprint density at radius 3 is 2.74 bits per heavy atom. The van der Waals surface area contributed by atoms with Gasteiger partial charge in [-0.3, -0.25) is 4.79 Å². The van der Waals surface area contributed by atoms with Crippen LogP contribution in [-0.4, -0.2) is 33.9 Å². The zero-order valence-corrected chi connectivity index (χ0v) is 14.0. The minimum Gasteiger partial charge on any atom is -0.421 e. The topological polar surface area (TPSA) is 88.2 Å². The van der Waals surface area contributed by atoms with Crippen molar-refractivity contribution >= 4 is 5.91 Å². The molecule has 0 radical (unpaired) electrons. The molecular formula is C17H23N3O3. The van der Waals surface area contributed by atoms with Gasteiger partial charge in [0, 0.05) is 24.6 Å². The molecule has 2 aromatic rings. The molecule has 23 heavy (non-hydrogen) atoms. The number of aliphatic hydroxyl groups excluding tert-OH is 1. The van der Waals surface area contributed by atoms with Crippen molar-refractivity contribution in [1.82, 2.24) is 15.5 Å². The molecule has 0 saturated carbocycles. The van der Waals surface area contributed by atoms with E-state index in [-0.39, 0.29) is 11.3 Å². The van der Waals surface area contributed by atoms with Crippen LogP contribution in [-0.2, 0) is 0 Å². The van der Waals surface area contributed by atoms with Crippen LogP contribution in [0.3, 0.4) is 0 Å². The molecule has 1 aromatic heterocycles. The van der Waals surface area contributed by atoms with Gasteiger partial charge in [0.25, 0.3) is 5.91 Å². The third kappa shape index (κ3) is 4.89. The number of rotatable bonds is 6. The van der Waals surface area contributed by atoms with Crippen molar-refractivity contribution in [3.05, 3.63) is 35.7 Å². The van der Waals surface area contributed by atoms with Crippen molar-refractivity contribution in [2.24, 2.45) is 5.41 Å². The van der Waals surface area contributed by atoms with E-state index in [1.165, 1.54) is 0 Å². The molecule has 1 heterocycles. The number of carbonyl (C=O) groups is 1. The van der Waals surface area contributed by atoms with Gasteiger partial charge in [-0.05, 0) is 37.0 Å². The highest BCUT2D eigenvalue weighted by Gasteiger charge is 2.21. The normalized spacial score (nSPS) is 12.9. The summed E-state index contributed by atoms with van der Waals surface area (Å²) >= 11 is 0. The molecule has 124 valence electrons. The molecule has 0 aliphatic heterocycles. The maximum atomic E-state index is 12.3. The summed E-state index contributed by atoms with van der Waals surface area (Å²) in [5.74, 6) is 0.711. The molecule has 6 nitrogen and oxygen atoms in total. The quantitative estimate of drug-likeness (QED) is 0.855. The van der Waals surface area contributed by atoms with E-state index in [4.69, 9.17) is 4.42 Å². The summed E-state index contributed by atoms with van der Waals surface area (Å²) in [5.41, 5.74) is 1.07. The Hall–Kier alpha value is -2.21. The van der Waals surface area contributed by atoms with Crippen molar-refractivity contribution in [2.75, 3.05) is 6.54 Å². The molecular weight excluding hydrogens is 294 g/mol. The lowest BCUT2D eigenvalue weighted by Crippen LogP contribution is -2.35. The molecule has 0 fully saturated rings. The largest absolute Gasteiger partial charge is 0.421 e.